The lowest BCUT2D eigenvalue weighted by atomic mass is 9.97. The number of hydrogen-bond acceptors (Lipinski definition) is 2. The van der Waals surface area contributed by atoms with Gasteiger partial charge in [0.25, 0.3) is 0 Å². The maximum absolute atomic E-state index is 11.7. The minimum Gasteiger partial charge on any atom is -0.478 e. The van der Waals surface area contributed by atoms with Crippen LogP contribution in [0.25, 0.3) is 0 Å². The molecule has 0 heterocycles. The monoisotopic (exact) mass is 336 g/mol. The maximum atomic E-state index is 11.7. The number of allylic oxidation sites excluding steroid dienone is 2. The first-order valence-electron chi connectivity index (χ1n) is 9.00. The highest BCUT2D eigenvalue weighted by atomic mass is 16.4. The number of carboxylic acids is 2. The topological polar surface area (TPSA) is 74.6 Å². The molecule has 0 atom stereocenters. The average Bonchev–Trinajstić information content (AvgIpc) is 2.55. The van der Waals surface area contributed by atoms with Crippen LogP contribution in [0.2, 0.25) is 0 Å². The average molecular weight is 336 g/mol. The van der Waals surface area contributed by atoms with Crippen molar-refractivity contribution in [3.63, 3.8) is 0 Å². The zero-order valence-corrected chi connectivity index (χ0v) is 15.5. The van der Waals surface area contributed by atoms with Gasteiger partial charge in [0.1, 0.15) is 0 Å². The Bertz CT molecular complexity index is 464. The summed E-state index contributed by atoms with van der Waals surface area (Å²) in [6, 6.07) is 0. The van der Waals surface area contributed by atoms with E-state index in [-0.39, 0.29) is 11.1 Å². The summed E-state index contributed by atoms with van der Waals surface area (Å²) in [5.74, 6) is -2.37. The van der Waals surface area contributed by atoms with Crippen molar-refractivity contribution in [3.05, 3.63) is 34.4 Å². The molecule has 0 spiro atoms. The number of hydrogen-bond donors (Lipinski definition) is 2. The molecule has 0 radical (unpaired) electrons. The molecule has 0 aliphatic heterocycles. The Morgan fingerprint density at radius 3 is 1.25 bits per heavy atom. The van der Waals surface area contributed by atoms with Crippen LogP contribution >= 0.6 is 0 Å². The lowest BCUT2D eigenvalue weighted by molar-refractivity contribution is -0.135. The fourth-order valence-electron chi connectivity index (χ4n) is 2.43. The number of unbranched alkanes of at least 4 members (excludes halogenated alkanes) is 2. The van der Waals surface area contributed by atoms with Crippen LogP contribution in [0.4, 0.5) is 0 Å². The third-order valence-corrected chi connectivity index (χ3v) is 4.06. The van der Waals surface area contributed by atoms with Crippen LogP contribution < -0.4 is 0 Å². The Balaban J connectivity index is 5.98. The van der Waals surface area contributed by atoms with Crippen molar-refractivity contribution in [1.82, 2.24) is 0 Å². The molecule has 0 saturated carbocycles. The molecular formula is C20H32O4. The van der Waals surface area contributed by atoms with Gasteiger partial charge in [-0.05, 0) is 50.7 Å². The summed E-state index contributed by atoms with van der Waals surface area (Å²) in [7, 11) is 0. The number of carboxylic acid groups (broad SMARTS) is 2. The Morgan fingerprint density at radius 1 is 0.708 bits per heavy atom. The zero-order chi connectivity index (χ0) is 18.5. The SMILES string of the molecule is CCCCC(=C/C(C(=O)O)=C(\C=C(CC)CCCC)C(=O)O)CC. The molecule has 0 aromatic rings. The molecule has 24 heavy (non-hydrogen) atoms. The van der Waals surface area contributed by atoms with E-state index in [1.165, 1.54) is 0 Å². The first kappa shape index (κ1) is 22.2. The summed E-state index contributed by atoms with van der Waals surface area (Å²) >= 11 is 0. The highest BCUT2D eigenvalue weighted by molar-refractivity contribution is 6.03. The van der Waals surface area contributed by atoms with Crippen LogP contribution in [0.3, 0.4) is 0 Å². The molecule has 0 aromatic carbocycles. The minimum absolute atomic E-state index is 0.113. The molecule has 0 amide bonds. The lowest BCUT2D eigenvalue weighted by Crippen LogP contribution is -2.10. The number of aliphatic carboxylic acids is 2. The van der Waals surface area contributed by atoms with Crippen molar-refractivity contribution >= 4 is 11.9 Å². The summed E-state index contributed by atoms with van der Waals surface area (Å²) in [4.78, 5) is 23.3. The second-order valence-corrected chi connectivity index (χ2v) is 5.96. The standard InChI is InChI=1S/C20H32O4/c1-5-9-11-15(7-3)13-17(19(21)22)18(20(23)24)14-16(8-4)12-10-6-2/h13-14H,5-12H2,1-4H3,(H,21,22)(H,23,24)/b15-13?,16-14?,18-17-. The third-order valence-electron chi connectivity index (χ3n) is 4.06. The number of carbonyl (C=O) groups is 2. The summed E-state index contributed by atoms with van der Waals surface area (Å²) < 4.78 is 0. The van der Waals surface area contributed by atoms with Crippen molar-refractivity contribution in [2.75, 3.05) is 0 Å². The summed E-state index contributed by atoms with van der Waals surface area (Å²) in [5, 5.41) is 19.1. The highest BCUT2D eigenvalue weighted by Crippen LogP contribution is 2.21. The van der Waals surface area contributed by atoms with Crippen LogP contribution in [-0.2, 0) is 9.59 Å². The largest absolute Gasteiger partial charge is 0.478 e. The van der Waals surface area contributed by atoms with Crippen molar-refractivity contribution in [1.29, 1.82) is 0 Å². The van der Waals surface area contributed by atoms with Crippen molar-refractivity contribution in [2.45, 2.75) is 79.1 Å². The van der Waals surface area contributed by atoms with Crippen molar-refractivity contribution < 1.29 is 19.8 Å². The van der Waals surface area contributed by atoms with Crippen LogP contribution in [0.1, 0.15) is 79.1 Å². The van der Waals surface area contributed by atoms with Crippen LogP contribution in [0.5, 0.6) is 0 Å². The molecule has 0 saturated heterocycles. The Labute approximate surface area is 146 Å². The second-order valence-electron chi connectivity index (χ2n) is 5.96. The van der Waals surface area contributed by atoms with Gasteiger partial charge in [-0.25, -0.2) is 9.59 Å². The molecule has 4 heteroatoms. The summed E-state index contributed by atoms with van der Waals surface area (Å²) in [5.41, 5.74) is 1.73. The molecule has 0 unspecified atom stereocenters. The van der Waals surface area contributed by atoms with Crippen molar-refractivity contribution in [3.8, 4) is 0 Å². The molecule has 0 rings (SSSR count). The van der Waals surface area contributed by atoms with Gasteiger partial charge in [0, 0.05) is 0 Å². The van der Waals surface area contributed by atoms with Gasteiger partial charge < -0.3 is 10.2 Å². The molecular weight excluding hydrogens is 304 g/mol. The van der Waals surface area contributed by atoms with Crippen molar-refractivity contribution in [2.24, 2.45) is 0 Å². The molecule has 0 fully saturated rings. The molecule has 0 aliphatic rings. The fraction of sp³-hybridized carbons (Fsp3) is 0.600. The van der Waals surface area contributed by atoms with Gasteiger partial charge in [0.15, 0.2) is 0 Å². The fourth-order valence-corrected chi connectivity index (χ4v) is 2.43. The predicted molar refractivity (Wildman–Crippen MR) is 98.1 cm³/mol. The molecule has 4 nitrogen and oxygen atoms in total. The van der Waals surface area contributed by atoms with Gasteiger partial charge in [-0.1, -0.05) is 51.7 Å². The normalized spacial score (nSPS) is 13.7. The summed E-state index contributed by atoms with van der Waals surface area (Å²) in [6.45, 7) is 8.09. The van der Waals surface area contributed by atoms with Gasteiger partial charge in [0.2, 0.25) is 0 Å². The van der Waals surface area contributed by atoms with E-state index >= 15 is 0 Å². The first-order chi connectivity index (χ1) is 11.4. The molecule has 0 aliphatic carbocycles. The van der Waals surface area contributed by atoms with E-state index in [0.717, 1.165) is 62.5 Å². The summed E-state index contributed by atoms with van der Waals surface area (Å²) in [6.07, 6.45) is 10.2. The van der Waals surface area contributed by atoms with Crippen LogP contribution in [-0.4, -0.2) is 22.2 Å². The quantitative estimate of drug-likeness (QED) is 0.364. The van der Waals surface area contributed by atoms with E-state index in [1.807, 2.05) is 13.8 Å². The Kier molecular flexibility index (Phi) is 11.6. The minimum atomic E-state index is -1.18. The third kappa shape index (κ3) is 8.14. The van der Waals surface area contributed by atoms with Crippen LogP contribution in [0.15, 0.2) is 34.4 Å². The van der Waals surface area contributed by atoms with Gasteiger partial charge in [-0.3, -0.25) is 0 Å². The van der Waals surface area contributed by atoms with Gasteiger partial charge in [-0.15, -0.1) is 0 Å². The first-order valence-corrected chi connectivity index (χ1v) is 9.00. The molecule has 0 bridgehead atoms. The second kappa shape index (κ2) is 12.6. The molecule has 136 valence electrons. The smallest absolute Gasteiger partial charge is 0.336 e. The zero-order valence-electron chi connectivity index (χ0n) is 15.5. The maximum Gasteiger partial charge on any atom is 0.336 e. The van der Waals surface area contributed by atoms with Gasteiger partial charge in [0.05, 0.1) is 11.1 Å². The van der Waals surface area contributed by atoms with E-state index in [9.17, 15) is 19.8 Å². The van der Waals surface area contributed by atoms with Gasteiger partial charge >= 0.3 is 11.9 Å². The number of rotatable bonds is 12. The van der Waals surface area contributed by atoms with E-state index < -0.39 is 11.9 Å². The molecule has 0 aromatic heterocycles. The Morgan fingerprint density at radius 2 is 1.04 bits per heavy atom. The lowest BCUT2D eigenvalue weighted by Gasteiger charge is -2.09. The van der Waals surface area contributed by atoms with Gasteiger partial charge in [-0.2, -0.15) is 0 Å². The predicted octanol–water partition coefficient (Wildman–Crippen LogP) is 5.51. The van der Waals surface area contributed by atoms with E-state index in [2.05, 4.69) is 13.8 Å². The highest BCUT2D eigenvalue weighted by Gasteiger charge is 2.18. The van der Waals surface area contributed by atoms with E-state index in [4.69, 9.17) is 0 Å². The molecule has 2 N–H and O–H groups in total. The van der Waals surface area contributed by atoms with E-state index in [0.29, 0.717) is 0 Å². The Hall–Kier alpha value is -1.84. The van der Waals surface area contributed by atoms with Crippen LogP contribution in [0, 0.1) is 0 Å². The van der Waals surface area contributed by atoms with E-state index in [1.54, 1.807) is 12.2 Å².